The van der Waals surface area contributed by atoms with E-state index in [1.165, 1.54) is 0 Å². The molecule has 0 saturated carbocycles. The molecule has 0 aliphatic carbocycles. The standard InChI is InChI=1S/C14H21N5O/c1-10-8-11(2)19-13(17-10)12(9-16-19)14(20)18(4)7-5-6-15-3/h8-9,15H,5-7H2,1-4H3. The molecular formula is C14H21N5O. The molecule has 2 heterocycles. The first-order valence-electron chi connectivity index (χ1n) is 6.76. The fraction of sp³-hybridized carbons (Fsp3) is 0.500. The van der Waals surface area contributed by atoms with Crippen LogP contribution in [0.5, 0.6) is 0 Å². The molecule has 0 spiro atoms. The van der Waals surface area contributed by atoms with Gasteiger partial charge in [0.05, 0.1) is 6.20 Å². The maximum atomic E-state index is 12.4. The lowest BCUT2D eigenvalue weighted by atomic mass is 10.2. The third kappa shape index (κ3) is 2.80. The zero-order valence-corrected chi connectivity index (χ0v) is 12.5. The molecule has 1 amide bonds. The molecule has 2 rings (SSSR count). The summed E-state index contributed by atoms with van der Waals surface area (Å²) in [6.45, 7) is 5.48. The zero-order chi connectivity index (χ0) is 14.7. The Morgan fingerprint density at radius 1 is 1.45 bits per heavy atom. The summed E-state index contributed by atoms with van der Waals surface area (Å²) in [6, 6.07) is 1.95. The van der Waals surface area contributed by atoms with Crippen LogP contribution in [0.1, 0.15) is 28.2 Å². The minimum absolute atomic E-state index is 0.0337. The molecular weight excluding hydrogens is 254 g/mol. The highest BCUT2D eigenvalue weighted by atomic mass is 16.2. The van der Waals surface area contributed by atoms with E-state index in [2.05, 4.69) is 15.4 Å². The first-order valence-corrected chi connectivity index (χ1v) is 6.76. The smallest absolute Gasteiger partial charge is 0.259 e. The van der Waals surface area contributed by atoms with Gasteiger partial charge >= 0.3 is 0 Å². The lowest BCUT2D eigenvalue weighted by Gasteiger charge is -2.16. The molecule has 0 aliphatic heterocycles. The topological polar surface area (TPSA) is 62.5 Å². The molecule has 0 unspecified atom stereocenters. The average molecular weight is 275 g/mol. The Kier molecular flexibility index (Phi) is 4.34. The van der Waals surface area contributed by atoms with Crippen molar-refractivity contribution in [1.29, 1.82) is 0 Å². The fourth-order valence-electron chi connectivity index (χ4n) is 2.22. The Hall–Kier alpha value is -1.95. The van der Waals surface area contributed by atoms with Crippen LogP contribution >= 0.6 is 0 Å². The highest BCUT2D eigenvalue weighted by molar-refractivity contribution is 5.99. The third-order valence-corrected chi connectivity index (χ3v) is 3.28. The molecule has 0 aliphatic rings. The minimum Gasteiger partial charge on any atom is -0.341 e. The van der Waals surface area contributed by atoms with E-state index in [4.69, 9.17) is 0 Å². The maximum absolute atomic E-state index is 12.4. The highest BCUT2D eigenvalue weighted by Gasteiger charge is 2.18. The van der Waals surface area contributed by atoms with Crippen molar-refractivity contribution in [3.63, 3.8) is 0 Å². The Balaban J connectivity index is 2.26. The summed E-state index contributed by atoms with van der Waals surface area (Å²) >= 11 is 0. The molecule has 108 valence electrons. The van der Waals surface area contributed by atoms with Crippen LogP contribution in [0.2, 0.25) is 0 Å². The minimum atomic E-state index is -0.0337. The molecule has 1 N–H and O–H groups in total. The zero-order valence-electron chi connectivity index (χ0n) is 12.5. The van der Waals surface area contributed by atoms with Crippen molar-refractivity contribution in [3.05, 3.63) is 29.2 Å². The predicted octanol–water partition coefficient (Wildman–Crippen LogP) is 1.03. The number of nitrogens with zero attached hydrogens (tertiary/aromatic N) is 4. The number of rotatable bonds is 5. The quantitative estimate of drug-likeness (QED) is 0.828. The van der Waals surface area contributed by atoms with Crippen LogP contribution in [-0.2, 0) is 0 Å². The lowest BCUT2D eigenvalue weighted by molar-refractivity contribution is 0.0795. The van der Waals surface area contributed by atoms with Gasteiger partial charge in [-0.05, 0) is 39.9 Å². The van der Waals surface area contributed by atoms with Crippen molar-refractivity contribution in [2.45, 2.75) is 20.3 Å². The van der Waals surface area contributed by atoms with Crippen LogP contribution in [0.25, 0.3) is 5.65 Å². The van der Waals surface area contributed by atoms with Crippen molar-refractivity contribution < 1.29 is 4.79 Å². The number of aromatic nitrogens is 3. The molecule has 2 aromatic heterocycles. The molecule has 0 atom stereocenters. The Labute approximate surface area is 118 Å². The van der Waals surface area contributed by atoms with Crippen LogP contribution in [0.3, 0.4) is 0 Å². The Morgan fingerprint density at radius 3 is 2.90 bits per heavy atom. The number of amides is 1. The van der Waals surface area contributed by atoms with Crippen LogP contribution in [0, 0.1) is 13.8 Å². The summed E-state index contributed by atoms with van der Waals surface area (Å²) in [5.74, 6) is -0.0337. The van der Waals surface area contributed by atoms with Gasteiger partial charge in [0.1, 0.15) is 5.56 Å². The van der Waals surface area contributed by atoms with Gasteiger partial charge in [-0.15, -0.1) is 0 Å². The number of hydrogen-bond acceptors (Lipinski definition) is 4. The van der Waals surface area contributed by atoms with Crippen LogP contribution in [0.4, 0.5) is 0 Å². The number of carbonyl (C=O) groups is 1. The number of fused-ring (bicyclic) bond motifs is 1. The molecule has 2 aromatic rings. The second kappa shape index (κ2) is 6.00. The number of hydrogen-bond donors (Lipinski definition) is 1. The van der Waals surface area contributed by atoms with E-state index >= 15 is 0 Å². The maximum Gasteiger partial charge on any atom is 0.259 e. The summed E-state index contributed by atoms with van der Waals surface area (Å²) in [7, 11) is 3.71. The summed E-state index contributed by atoms with van der Waals surface area (Å²) in [5, 5.41) is 7.33. The van der Waals surface area contributed by atoms with Gasteiger partial charge in [-0.1, -0.05) is 0 Å². The van der Waals surface area contributed by atoms with Crippen molar-refractivity contribution in [2.75, 3.05) is 27.2 Å². The molecule has 0 fully saturated rings. The average Bonchev–Trinajstić information content (AvgIpc) is 2.81. The van der Waals surface area contributed by atoms with Gasteiger partial charge in [-0.3, -0.25) is 4.79 Å². The van der Waals surface area contributed by atoms with Gasteiger partial charge < -0.3 is 10.2 Å². The van der Waals surface area contributed by atoms with Gasteiger partial charge in [-0.2, -0.15) is 5.10 Å². The molecule has 0 saturated heterocycles. The van der Waals surface area contributed by atoms with E-state index in [9.17, 15) is 4.79 Å². The number of aryl methyl sites for hydroxylation is 2. The third-order valence-electron chi connectivity index (χ3n) is 3.28. The van der Waals surface area contributed by atoms with Gasteiger partial charge in [0.15, 0.2) is 5.65 Å². The van der Waals surface area contributed by atoms with Crippen molar-refractivity contribution >= 4 is 11.6 Å². The molecule has 6 nitrogen and oxygen atoms in total. The lowest BCUT2D eigenvalue weighted by Crippen LogP contribution is -2.29. The Bertz CT molecular complexity index is 619. The van der Waals surface area contributed by atoms with E-state index in [1.807, 2.05) is 34.0 Å². The SMILES string of the molecule is CNCCCN(C)C(=O)c1cnn2c(C)cc(C)nc12. The Morgan fingerprint density at radius 2 is 2.20 bits per heavy atom. The first kappa shape index (κ1) is 14.5. The highest BCUT2D eigenvalue weighted by Crippen LogP contribution is 2.13. The van der Waals surface area contributed by atoms with Crippen molar-refractivity contribution in [1.82, 2.24) is 24.8 Å². The monoisotopic (exact) mass is 275 g/mol. The van der Waals surface area contributed by atoms with Gasteiger partial charge in [0.2, 0.25) is 0 Å². The predicted molar refractivity (Wildman–Crippen MR) is 78.0 cm³/mol. The van der Waals surface area contributed by atoms with E-state index < -0.39 is 0 Å². The molecule has 20 heavy (non-hydrogen) atoms. The first-order chi connectivity index (χ1) is 9.54. The molecule has 0 bridgehead atoms. The summed E-state index contributed by atoms with van der Waals surface area (Å²) in [6.07, 6.45) is 2.52. The van der Waals surface area contributed by atoms with Gasteiger partial charge in [0, 0.05) is 25.0 Å². The van der Waals surface area contributed by atoms with Gasteiger partial charge in [0.25, 0.3) is 5.91 Å². The van der Waals surface area contributed by atoms with E-state index in [-0.39, 0.29) is 5.91 Å². The summed E-state index contributed by atoms with van der Waals surface area (Å²) in [4.78, 5) is 18.6. The van der Waals surface area contributed by atoms with E-state index in [0.29, 0.717) is 17.8 Å². The van der Waals surface area contributed by atoms with E-state index in [0.717, 1.165) is 24.4 Å². The molecule has 6 heteroatoms. The van der Waals surface area contributed by atoms with E-state index in [1.54, 1.807) is 15.6 Å². The molecule has 0 radical (unpaired) electrons. The number of nitrogens with one attached hydrogen (secondary N) is 1. The van der Waals surface area contributed by atoms with Crippen LogP contribution in [0.15, 0.2) is 12.3 Å². The van der Waals surface area contributed by atoms with Gasteiger partial charge in [-0.25, -0.2) is 9.50 Å². The second-order valence-electron chi connectivity index (χ2n) is 5.02. The molecule has 0 aromatic carbocycles. The summed E-state index contributed by atoms with van der Waals surface area (Å²) < 4.78 is 1.71. The van der Waals surface area contributed by atoms with Crippen molar-refractivity contribution in [3.8, 4) is 0 Å². The second-order valence-corrected chi connectivity index (χ2v) is 5.02. The van der Waals surface area contributed by atoms with Crippen LogP contribution in [-0.4, -0.2) is 52.6 Å². The normalized spacial score (nSPS) is 11.0. The summed E-state index contributed by atoms with van der Waals surface area (Å²) in [5.41, 5.74) is 3.06. The van der Waals surface area contributed by atoms with Crippen LogP contribution < -0.4 is 5.32 Å². The number of carbonyl (C=O) groups excluding carboxylic acids is 1. The fourth-order valence-corrected chi connectivity index (χ4v) is 2.22. The van der Waals surface area contributed by atoms with Crippen molar-refractivity contribution in [2.24, 2.45) is 0 Å². The largest absolute Gasteiger partial charge is 0.341 e.